The number of rotatable bonds is 3. The summed E-state index contributed by atoms with van der Waals surface area (Å²) in [5.74, 6) is 0.552. The van der Waals surface area contributed by atoms with Crippen LogP contribution in [0.1, 0.15) is 12.7 Å². The Morgan fingerprint density at radius 3 is 3.08 bits per heavy atom. The third kappa shape index (κ3) is 2.65. The van der Waals surface area contributed by atoms with Crippen molar-refractivity contribution in [1.82, 2.24) is 5.32 Å². The third-order valence-electron chi connectivity index (χ3n) is 1.61. The average molecular weight is 177 g/mol. The van der Waals surface area contributed by atoms with Crippen LogP contribution in [0.25, 0.3) is 0 Å². The molecule has 0 unspecified atom stereocenters. The monoisotopic (exact) mass is 177 g/mol. The zero-order valence-electron chi connectivity index (χ0n) is 7.46. The number of carbonyl (C=O) groups excluding carboxylic acids is 1. The topological polar surface area (TPSA) is 42.2 Å². The van der Waals surface area contributed by atoms with Gasteiger partial charge < -0.3 is 9.73 Å². The summed E-state index contributed by atoms with van der Waals surface area (Å²) < 4.78 is 5.04. The van der Waals surface area contributed by atoms with Crippen molar-refractivity contribution in [3.8, 4) is 0 Å². The number of furan rings is 1. The lowest BCUT2D eigenvalue weighted by Crippen LogP contribution is -2.22. The Morgan fingerprint density at radius 1 is 1.77 bits per heavy atom. The van der Waals surface area contributed by atoms with E-state index >= 15 is 0 Å². The summed E-state index contributed by atoms with van der Waals surface area (Å²) in [6.07, 6.45) is 1.57. The molecule has 3 nitrogen and oxygen atoms in total. The summed E-state index contributed by atoms with van der Waals surface area (Å²) in [7, 11) is 0. The largest absolute Gasteiger partial charge is 0.467 e. The molecule has 1 rings (SSSR count). The lowest BCUT2D eigenvalue weighted by Gasteiger charge is -2.00. The lowest BCUT2D eigenvalue weighted by molar-refractivity contribution is -0.117. The van der Waals surface area contributed by atoms with E-state index in [1.165, 1.54) is 0 Å². The molecule has 0 aliphatic heterocycles. The first kappa shape index (κ1) is 9.36. The Morgan fingerprint density at radius 2 is 2.54 bits per heavy atom. The summed E-state index contributed by atoms with van der Waals surface area (Å²) in [6.45, 7) is 5.43. The molecule has 3 heteroatoms. The van der Waals surface area contributed by atoms with Crippen LogP contribution in [0.15, 0.2) is 40.7 Å². The Bertz CT molecular complexity index is 332. The number of amides is 1. The molecule has 0 aromatic carbocycles. The fourth-order valence-electron chi connectivity index (χ4n) is 0.793. The molecule has 1 aromatic rings. The van der Waals surface area contributed by atoms with Crippen molar-refractivity contribution < 1.29 is 9.21 Å². The van der Waals surface area contributed by atoms with E-state index in [-0.39, 0.29) is 5.91 Å². The Hall–Kier alpha value is -1.73. The minimum absolute atomic E-state index is 0.175. The minimum Gasteiger partial charge on any atom is -0.467 e. The summed E-state index contributed by atoms with van der Waals surface area (Å²) in [5.41, 5.74) is 3.00. The standard InChI is InChI=1S/C10H11NO2/c1-3-8(2)10(12)11-7-9-5-4-6-13-9/h4-6H,1,7H2,2H3,(H,11,12). The number of nitrogens with one attached hydrogen (secondary N) is 1. The van der Waals surface area contributed by atoms with Gasteiger partial charge in [0.2, 0.25) is 0 Å². The average Bonchev–Trinajstić information content (AvgIpc) is 2.65. The molecule has 0 fully saturated rings. The number of carbonyl (C=O) groups is 1. The van der Waals surface area contributed by atoms with E-state index < -0.39 is 0 Å². The minimum atomic E-state index is -0.175. The second kappa shape index (κ2) is 4.33. The molecule has 1 N–H and O–H groups in total. The molecule has 0 saturated heterocycles. The highest BCUT2D eigenvalue weighted by Gasteiger charge is 2.02. The highest BCUT2D eigenvalue weighted by atomic mass is 16.3. The van der Waals surface area contributed by atoms with Crippen molar-refractivity contribution in [2.75, 3.05) is 0 Å². The molecule has 0 spiro atoms. The Balaban J connectivity index is 2.44. The van der Waals surface area contributed by atoms with Gasteiger partial charge in [0.15, 0.2) is 0 Å². The highest BCUT2D eigenvalue weighted by molar-refractivity contribution is 5.92. The molecule has 0 saturated carbocycles. The van der Waals surface area contributed by atoms with Crippen molar-refractivity contribution >= 4 is 5.91 Å². The van der Waals surface area contributed by atoms with Crippen LogP contribution >= 0.6 is 0 Å². The third-order valence-corrected chi connectivity index (χ3v) is 1.61. The molecule has 0 bridgehead atoms. The van der Waals surface area contributed by atoms with Crippen LogP contribution in [0, 0.1) is 0 Å². The van der Waals surface area contributed by atoms with E-state index in [1.807, 2.05) is 0 Å². The van der Waals surface area contributed by atoms with Crippen molar-refractivity contribution in [1.29, 1.82) is 0 Å². The second-order valence-electron chi connectivity index (χ2n) is 2.56. The predicted molar refractivity (Wildman–Crippen MR) is 48.9 cm³/mol. The van der Waals surface area contributed by atoms with Gasteiger partial charge in [0, 0.05) is 0 Å². The molecule has 0 radical (unpaired) electrons. The molecule has 68 valence electrons. The van der Waals surface area contributed by atoms with E-state index in [2.05, 4.69) is 17.6 Å². The molecular formula is C10H11NO2. The van der Waals surface area contributed by atoms with Crippen LogP contribution < -0.4 is 5.32 Å². The maximum absolute atomic E-state index is 11.2. The molecule has 0 aliphatic carbocycles. The maximum Gasteiger partial charge on any atom is 0.255 e. The van der Waals surface area contributed by atoms with Crippen LogP contribution in [0.3, 0.4) is 0 Å². The van der Waals surface area contributed by atoms with E-state index in [4.69, 9.17) is 4.42 Å². The van der Waals surface area contributed by atoms with Gasteiger partial charge in [-0.05, 0) is 19.1 Å². The summed E-state index contributed by atoms with van der Waals surface area (Å²) >= 11 is 0. The van der Waals surface area contributed by atoms with Gasteiger partial charge in [0.25, 0.3) is 5.91 Å². The Kier molecular flexibility index (Phi) is 3.12. The van der Waals surface area contributed by atoms with Gasteiger partial charge in [-0.25, -0.2) is 0 Å². The first-order valence-electron chi connectivity index (χ1n) is 3.91. The molecule has 1 amide bonds. The van der Waals surface area contributed by atoms with Crippen LogP contribution in [0.4, 0.5) is 0 Å². The first-order chi connectivity index (χ1) is 6.24. The lowest BCUT2D eigenvalue weighted by atomic mass is 10.3. The quantitative estimate of drug-likeness (QED) is 0.563. The zero-order chi connectivity index (χ0) is 9.68. The molecule has 13 heavy (non-hydrogen) atoms. The van der Waals surface area contributed by atoms with Gasteiger partial charge >= 0.3 is 0 Å². The SMILES string of the molecule is C=C=C(C)C(=O)NCc1ccco1. The molecule has 0 aliphatic rings. The molecule has 1 heterocycles. The van der Waals surface area contributed by atoms with Gasteiger partial charge in [-0.3, -0.25) is 4.79 Å². The van der Waals surface area contributed by atoms with E-state index in [9.17, 15) is 4.79 Å². The second-order valence-corrected chi connectivity index (χ2v) is 2.56. The Labute approximate surface area is 76.7 Å². The summed E-state index contributed by atoms with van der Waals surface area (Å²) in [4.78, 5) is 11.2. The van der Waals surface area contributed by atoms with Gasteiger partial charge in [0.1, 0.15) is 5.76 Å². The van der Waals surface area contributed by atoms with Crippen LogP contribution in [0.5, 0.6) is 0 Å². The molecular weight excluding hydrogens is 166 g/mol. The van der Waals surface area contributed by atoms with Gasteiger partial charge in [-0.15, -0.1) is 5.73 Å². The number of hydrogen-bond donors (Lipinski definition) is 1. The summed E-state index contributed by atoms with van der Waals surface area (Å²) in [5, 5.41) is 2.66. The van der Waals surface area contributed by atoms with Crippen LogP contribution in [-0.4, -0.2) is 5.91 Å². The fourth-order valence-corrected chi connectivity index (χ4v) is 0.793. The fraction of sp³-hybridized carbons (Fsp3) is 0.200. The zero-order valence-corrected chi connectivity index (χ0v) is 7.46. The van der Waals surface area contributed by atoms with E-state index in [0.717, 1.165) is 5.76 Å². The molecule has 0 atom stereocenters. The van der Waals surface area contributed by atoms with Gasteiger partial charge in [0.05, 0.1) is 18.4 Å². The van der Waals surface area contributed by atoms with Gasteiger partial charge in [-0.2, -0.15) is 0 Å². The predicted octanol–water partition coefficient (Wildman–Crippen LogP) is 1.63. The van der Waals surface area contributed by atoms with Crippen molar-refractivity contribution in [2.24, 2.45) is 0 Å². The maximum atomic E-state index is 11.2. The van der Waals surface area contributed by atoms with E-state index in [1.54, 1.807) is 25.3 Å². The summed E-state index contributed by atoms with van der Waals surface area (Å²) in [6, 6.07) is 3.57. The van der Waals surface area contributed by atoms with E-state index in [0.29, 0.717) is 12.1 Å². The number of hydrogen-bond acceptors (Lipinski definition) is 2. The van der Waals surface area contributed by atoms with Crippen molar-refractivity contribution in [3.63, 3.8) is 0 Å². The molecule has 1 aromatic heterocycles. The normalized spacial score (nSPS) is 9.00. The van der Waals surface area contributed by atoms with Gasteiger partial charge in [-0.1, -0.05) is 6.58 Å². The van der Waals surface area contributed by atoms with Crippen LogP contribution in [-0.2, 0) is 11.3 Å². The van der Waals surface area contributed by atoms with Crippen molar-refractivity contribution in [2.45, 2.75) is 13.5 Å². The van der Waals surface area contributed by atoms with Crippen molar-refractivity contribution in [3.05, 3.63) is 42.0 Å². The highest BCUT2D eigenvalue weighted by Crippen LogP contribution is 1.99. The first-order valence-corrected chi connectivity index (χ1v) is 3.91. The smallest absolute Gasteiger partial charge is 0.255 e. The van der Waals surface area contributed by atoms with Crippen LogP contribution in [0.2, 0.25) is 0 Å².